The van der Waals surface area contributed by atoms with Gasteiger partial charge in [-0.25, -0.2) is 4.99 Å². The van der Waals surface area contributed by atoms with Crippen molar-refractivity contribution >= 4 is 23.2 Å². The van der Waals surface area contributed by atoms with Crippen LogP contribution in [0.3, 0.4) is 0 Å². The van der Waals surface area contributed by atoms with Crippen LogP contribution in [0.25, 0.3) is 0 Å². The second kappa shape index (κ2) is 10.7. The summed E-state index contributed by atoms with van der Waals surface area (Å²) in [7, 11) is 1.71. The molecule has 0 aliphatic carbocycles. The van der Waals surface area contributed by atoms with E-state index in [1.165, 1.54) is 11.3 Å². The number of aliphatic imine (C=N–C) groups is 1. The van der Waals surface area contributed by atoms with Crippen LogP contribution >= 0.6 is 11.6 Å². The van der Waals surface area contributed by atoms with Crippen molar-refractivity contribution in [2.75, 3.05) is 38.3 Å². The molecule has 1 aliphatic heterocycles. The van der Waals surface area contributed by atoms with Gasteiger partial charge >= 0.3 is 0 Å². The normalized spacial score (nSPS) is 16.9. The van der Waals surface area contributed by atoms with Crippen LogP contribution < -0.4 is 15.5 Å². The monoisotopic (exact) mass is 432 g/mol. The standard InChI is InChI=1S/C22H33ClN6O/c1-5-24-22(25-14-21-16(2)27-29(17(21)3)11-12-30-4)26-19-9-10-28(15-19)20-8-6-7-18(23)13-20/h6-8,13,19H,5,9-12,14-15H2,1-4H3,(H2,24,25,26). The van der Waals surface area contributed by atoms with E-state index in [-0.39, 0.29) is 0 Å². The summed E-state index contributed by atoms with van der Waals surface area (Å²) < 4.78 is 7.19. The summed E-state index contributed by atoms with van der Waals surface area (Å²) in [6, 6.07) is 8.39. The van der Waals surface area contributed by atoms with Gasteiger partial charge in [0, 0.05) is 54.8 Å². The highest BCUT2D eigenvalue weighted by molar-refractivity contribution is 6.30. The Bertz CT molecular complexity index is 865. The molecule has 7 nitrogen and oxygen atoms in total. The van der Waals surface area contributed by atoms with Gasteiger partial charge in [-0.15, -0.1) is 0 Å². The molecule has 1 aliphatic rings. The molecule has 1 fully saturated rings. The maximum absolute atomic E-state index is 6.15. The molecule has 0 radical (unpaired) electrons. The number of hydrogen-bond acceptors (Lipinski definition) is 4. The predicted octanol–water partition coefficient (Wildman–Crippen LogP) is 3.13. The molecule has 3 rings (SSSR count). The average molecular weight is 433 g/mol. The van der Waals surface area contributed by atoms with Crippen molar-refractivity contribution in [3.05, 3.63) is 46.2 Å². The molecule has 164 valence electrons. The highest BCUT2D eigenvalue weighted by Gasteiger charge is 2.23. The van der Waals surface area contributed by atoms with Crippen LogP contribution in [-0.4, -0.2) is 55.1 Å². The molecule has 1 aromatic carbocycles. The van der Waals surface area contributed by atoms with E-state index in [0.29, 0.717) is 19.2 Å². The van der Waals surface area contributed by atoms with Gasteiger partial charge in [0.2, 0.25) is 0 Å². The van der Waals surface area contributed by atoms with Gasteiger partial charge in [0.15, 0.2) is 5.96 Å². The van der Waals surface area contributed by atoms with Crippen molar-refractivity contribution in [2.45, 2.75) is 46.3 Å². The molecule has 0 saturated carbocycles. The number of aromatic nitrogens is 2. The summed E-state index contributed by atoms with van der Waals surface area (Å²) in [5, 5.41) is 12.4. The third-order valence-electron chi connectivity index (χ3n) is 5.48. The Labute approximate surface area is 184 Å². The van der Waals surface area contributed by atoms with Crippen LogP contribution in [0.15, 0.2) is 29.3 Å². The number of rotatable bonds is 8. The zero-order valence-corrected chi connectivity index (χ0v) is 19.2. The van der Waals surface area contributed by atoms with Crippen molar-refractivity contribution in [1.82, 2.24) is 20.4 Å². The van der Waals surface area contributed by atoms with E-state index in [2.05, 4.69) is 40.5 Å². The molecule has 0 spiro atoms. The van der Waals surface area contributed by atoms with Gasteiger partial charge < -0.3 is 20.3 Å². The van der Waals surface area contributed by atoms with Crippen LogP contribution in [0, 0.1) is 13.8 Å². The van der Waals surface area contributed by atoms with Crippen LogP contribution in [0.1, 0.15) is 30.3 Å². The molecular formula is C22H33ClN6O. The lowest BCUT2D eigenvalue weighted by Crippen LogP contribution is -2.44. The fourth-order valence-electron chi connectivity index (χ4n) is 3.82. The van der Waals surface area contributed by atoms with Gasteiger partial charge in [-0.3, -0.25) is 4.68 Å². The molecular weight excluding hydrogens is 400 g/mol. The fourth-order valence-corrected chi connectivity index (χ4v) is 4.00. The Hall–Kier alpha value is -2.25. The van der Waals surface area contributed by atoms with Gasteiger partial charge in [-0.05, 0) is 45.4 Å². The van der Waals surface area contributed by atoms with Crippen molar-refractivity contribution in [3.63, 3.8) is 0 Å². The topological polar surface area (TPSA) is 66.7 Å². The summed E-state index contributed by atoms with van der Waals surface area (Å²) in [5.41, 5.74) is 4.52. The Morgan fingerprint density at radius 1 is 1.37 bits per heavy atom. The largest absolute Gasteiger partial charge is 0.383 e. The number of nitrogens with zero attached hydrogens (tertiary/aromatic N) is 4. The predicted molar refractivity (Wildman–Crippen MR) is 124 cm³/mol. The zero-order chi connectivity index (χ0) is 21.5. The number of aryl methyl sites for hydroxylation is 1. The Balaban J connectivity index is 1.64. The third kappa shape index (κ3) is 5.67. The molecule has 30 heavy (non-hydrogen) atoms. The molecule has 2 N–H and O–H groups in total. The number of methoxy groups -OCH3 is 1. The number of halogens is 1. The fraction of sp³-hybridized carbons (Fsp3) is 0.545. The Morgan fingerprint density at radius 3 is 2.93 bits per heavy atom. The lowest BCUT2D eigenvalue weighted by atomic mass is 10.2. The van der Waals surface area contributed by atoms with Crippen LogP contribution in [0.4, 0.5) is 5.69 Å². The maximum Gasteiger partial charge on any atom is 0.191 e. The quantitative estimate of drug-likeness (QED) is 0.495. The Kier molecular flexibility index (Phi) is 7.99. The number of ether oxygens (including phenoxy) is 1. The number of benzene rings is 1. The number of hydrogen-bond donors (Lipinski definition) is 2. The van der Waals surface area contributed by atoms with E-state index >= 15 is 0 Å². The Morgan fingerprint density at radius 2 is 2.20 bits per heavy atom. The molecule has 2 aromatic rings. The molecule has 1 saturated heterocycles. The van der Waals surface area contributed by atoms with E-state index in [1.807, 2.05) is 29.8 Å². The smallest absolute Gasteiger partial charge is 0.191 e. The van der Waals surface area contributed by atoms with Crippen LogP contribution in [0.5, 0.6) is 0 Å². The highest BCUT2D eigenvalue weighted by Crippen LogP contribution is 2.23. The lowest BCUT2D eigenvalue weighted by Gasteiger charge is -2.20. The lowest BCUT2D eigenvalue weighted by molar-refractivity contribution is 0.182. The van der Waals surface area contributed by atoms with E-state index < -0.39 is 0 Å². The summed E-state index contributed by atoms with van der Waals surface area (Å²) in [4.78, 5) is 7.21. The van der Waals surface area contributed by atoms with E-state index in [9.17, 15) is 0 Å². The zero-order valence-electron chi connectivity index (χ0n) is 18.4. The number of anilines is 1. The van der Waals surface area contributed by atoms with Gasteiger partial charge in [-0.2, -0.15) is 5.10 Å². The second-order valence-electron chi connectivity index (χ2n) is 7.62. The summed E-state index contributed by atoms with van der Waals surface area (Å²) in [6.45, 7) is 11.0. The first-order valence-corrected chi connectivity index (χ1v) is 11.0. The first kappa shape index (κ1) is 22.4. The molecule has 2 heterocycles. The van der Waals surface area contributed by atoms with Gasteiger partial charge in [-0.1, -0.05) is 17.7 Å². The molecule has 0 amide bonds. The maximum atomic E-state index is 6.15. The van der Waals surface area contributed by atoms with Crippen molar-refractivity contribution in [2.24, 2.45) is 4.99 Å². The minimum absolute atomic E-state index is 0.341. The molecule has 1 unspecified atom stereocenters. The van der Waals surface area contributed by atoms with E-state index in [0.717, 1.165) is 55.0 Å². The summed E-state index contributed by atoms with van der Waals surface area (Å²) in [6.07, 6.45) is 1.06. The van der Waals surface area contributed by atoms with Crippen molar-refractivity contribution in [1.29, 1.82) is 0 Å². The minimum Gasteiger partial charge on any atom is -0.383 e. The van der Waals surface area contributed by atoms with Crippen molar-refractivity contribution in [3.8, 4) is 0 Å². The highest BCUT2D eigenvalue weighted by atomic mass is 35.5. The molecule has 0 bridgehead atoms. The third-order valence-corrected chi connectivity index (χ3v) is 5.72. The van der Waals surface area contributed by atoms with Crippen molar-refractivity contribution < 1.29 is 4.74 Å². The van der Waals surface area contributed by atoms with E-state index in [1.54, 1.807) is 7.11 Å². The molecule has 8 heteroatoms. The van der Waals surface area contributed by atoms with Crippen LogP contribution in [-0.2, 0) is 17.8 Å². The number of guanidine groups is 1. The first-order chi connectivity index (χ1) is 14.5. The molecule has 1 atom stereocenters. The van der Waals surface area contributed by atoms with Crippen LogP contribution in [0.2, 0.25) is 5.02 Å². The van der Waals surface area contributed by atoms with Gasteiger partial charge in [0.1, 0.15) is 0 Å². The van der Waals surface area contributed by atoms with Gasteiger partial charge in [0.25, 0.3) is 0 Å². The van der Waals surface area contributed by atoms with Gasteiger partial charge in [0.05, 0.1) is 25.4 Å². The average Bonchev–Trinajstić information content (AvgIpc) is 3.29. The minimum atomic E-state index is 0.341. The number of nitrogens with one attached hydrogen (secondary N) is 2. The second-order valence-corrected chi connectivity index (χ2v) is 8.05. The SMILES string of the molecule is CCNC(=NCc1c(C)nn(CCOC)c1C)NC1CCN(c2cccc(Cl)c2)C1. The van der Waals surface area contributed by atoms with E-state index in [4.69, 9.17) is 21.3 Å². The first-order valence-electron chi connectivity index (χ1n) is 10.6. The molecule has 1 aromatic heterocycles. The summed E-state index contributed by atoms with van der Waals surface area (Å²) in [5.74, 6) is 0.846. The summed E-state index contributed by atoms with van der Waals surface area (Å²) >= 11 is 6.15.